The number of esters is 1. The molecular weight excluding hydrogens is 400 g/mol. The van der Waals surface area contributed by atoms with E-state index in [1.807, 2.05) is 30.3 Å². The topological polar surface area (TPSA) is 95.5 Å². The largest absolute Gasteiger partial charge is 0.481 e. The van der Waals surface area contributed by atoms with Crippen LogP contribution in [-0.2, 0) is 35.1 Å². The maximum Gasteiger partial charge on any atom is 0.360 e. The van der Waals surface area contributed by atoms with Gasteiger partial charge in [-0.3, -0.25) is 4.79 Å². The Morgan fingerprint density at radius 3 is 2.58 bits per heavy atom. The summed E-state index contributed by atoms with van der Waals surface area (Å²) in [5.74, 6) is -1.05. The van der Waals surface area contributed by atoms with Gasteiger partial charge >= 0.3 is 5.97 Å². The van der Waals surface area contributed by atoms with Gasteiger partial charge in [-0.2, -0.15) is 0 Å². The highest BCUT2D eigenvalue weighted by molar-refractivity contribution is 6.02. The molecule has 3 aliphatic rings. The van der Waals surface area contributed by atoms with E-state index in [1.165, 1.54) is 7.11 Å². The predicted octanol–water partition coefficient (Wildman–Crippen LogP) is 2.38. The third-order valence-corrected chi connectivity index (χ3v) is 5.63. The first kappa shape index (κ1) is 23.0. The van der Waals surface area contributed by atoms with Gasteiger partial charge in [0.15, 0.2) is 5.70 Å². The van der Waals surface area contributed by atoms with Gasteiger partial charge in [0.25, 0.3) is 5.91 Å². The van der Waals surface area contributed by atoms with Crippen LogP contribution in [0.25, 0.3) is 0 Å². The number of nitrogens with zero attached hydrogens (tertiary/aromatic N) is 1. The molecule has 1 fully saturated rings. The smallest absolute Gasteiger partial charge is 0.360 e. The Morgan fingerprint density at radius 2 is 1.90 bits per heavy atom. The van der Waals surface area contributed by atoms with Crippen LogP contribution >= 0.6 is 0 Å². The second kappa shape index (κ2) is 11.1. The number of fused-ring (bicyclic) bond motifs is 6. The molecule has 0 saturated heterocycles. The quantitative estimate of drug-likeness (QED) is 0.503. The lowest BCUT2D eigenvalue weighted by molar-refractivity contribution is -0.137. The van der Waals surface area contributed by atoms with Gasteiger partial charge in [-0.05, 0) is 37.2 Å². The van der Waals surface area contributed by atoms with E-state index in [-0.39, 0.29) is 18.1 Å². The lowest BCUT2D eigenvalue weighted by Gasteiger charge is -2.37. The molecule has 1 aliphatic carbocycles. The first-order chi connectivity index (χ1) is 15.1. The number of benzene rings is 1. The Bertz CT molecular complexity index is 807. The molecule has 1 saturated carbocycles. The van der Waals surface area contributed by atoms with Gasteiger partial charge in [-0.25, -0.2) is 9.79 Å². The fourth-order valence-corrected chi connectivity index (χ4v) is 3.78. The van der Waals surface area contributed by atoms with Crippen LogP contribution in [0.2, 0.25) is 0 Å². The third-order valence-electron chi connectivity index (χ3n) is 5.63. The van der Waals surface area contributed by atoms with E-state index in [0.29, 0.717) is 25.7 Å². The fourth-order valence-electron chi connectivity index (χ4n) is 3.78. The summed E-state index contributed by atoms with van der Waals surface area (Å²) in [6.45, 7) is 1.50. The van der Waals surface area contributed by atoms with Crippen molar-refractivity contribution < 1.29 is 28.5 Å². The second-order valence-corrected chi connectivity index (χ2v) is 7.76. The van der Waals surface area contributed by atoms with Crippen LogP contribution in [0.15, 0.2) is 46.8 Å². The van der Waals surface area contributed by atoms with E-state index >= 15 is 0 Å². The number of methoxy groups -OCH3 is 2. The highest BCUT2D eigenvalue weighted by Gasteiger charge is 2.37. The van der Waals surface area contributed by atoms with Crippen LogP contribution in [0.1, 0.15) is 31.2 Å². The fraction of sp³-hybridized carbons (Fsp3) is 0.522. The first-order valence-electron chi connectivity index (χ1n) is 10.5. The second-order valence-electron chi connectivity index (χ2n) is 7.76. The molecule has 0 aromatic heterocycles. The van der Waals surface area contributed by atoms with Crippen LogP contribution < -0.4 is 5.32 Å². The summed E-state index contributed by atoms with van der Waals surface area (Å²) in [6.07, 6.45) is 4.89. The molecule has 31 heavy (non-hydrogen) atoms. The van der Waals surface area contributed by atoms with Crippen LogP contribution in [0, 0.1) is 5.92 Å². The number of amides is 1. The Balaban J connectivity index is 1.94. The molecule has 1 N–H and O–H groups in total. The van der Waals surface area contributed by atoms with Crippen molar-refractivity contribution in [1.82, 2.24) is 5.32 Å². The molecular formula is C23H30N2O6. The highest BCUT2D eigenvalue weighted by atomic mass is 16.5. The summed E-state index contributed by atoms with van der Waals surface area (Å²) in [6, 6.07) is 9.41. The number of aliphatic imine (C=N–C) groups is 1. The van der Waals surface area contributed by atoms with Crippen molar-refractivity contribution in [2.45, 2.75) is 37.9 Å². The molecule has 1 aromatic rings. The summed E-state index contributed by atoms with van der Waals surface area (Å²) in [5, 5.41) is 2.90. The van der Waals surface area contributed by atoms with E-state index < -0.39 is 17.5 Å². The van der Waals surface area contributed by atoms with Gasteiger partial charge in [-0.1, -0.05) is 30.3 Å². The molecule has 2 heterocycles. The van der Waals surface area contributed by atoms with Crippen molar-refractivity contribution in [3.05, 3.63) is 47.4 Å². The van der Waals surface area contributed by atoms with Crippen LogP contribution in [0.3, 0.4) is 0 Å². The number of rotatable bonds is 8. The number of carbonyl (C=O) groups is 2. The average molecular weight is 431 g/mol. The monoisotopic (exact) mass is 430 g/mol. The minimum absolute atomic E-state index is 0.124. The molecule has 8 heteroatoms. The summed E-state index contributed by atoms with van der Waals surface area (Å²) in [7, 11) is 2.87. The number of ether oxygens (including phenoxy) is 4. The van der Waals surface area contributed by atoms with E-state index in [2.05, 4.69) is 10.3 Å². The van der Waals surface area contributed by atoms with E-state index in [4.69, 9.17) is 18.9 Å². The number of hydrogen-bond acceptors (Lipinski definition) is 7. The van der Waals surface area contributed by atoms with Crippen molar-refractivity contribution in [2.24, 2.45) is 10.9 Å². The first-order valence-corrected chi connectivity index (χ1v) is 10.5. The number of hydrogen-bond donors (Lipinski definition) is 1. The Labute approximate surface area is 182 Å². The van der Waals surface area contributed by atoms with Gasteiger partial charge < -0.3 is 24.3 Å². The van der Waals surface area contributed by atoms with Crippen molar-refractivity contribution in [3.63, 3.8) is 0 Å². The third kappa shape index (κ3) is 6.15. The molecule has 2 aliphatic heterocycles. The molecule has 1 aromatic carbocycles. The molecule has 8 nitrogen and oxygen atoms in total. The summed E-state index contributed by atoms with van der Waals surface area (Å²) >= 11 is 0. The van der Waals surface area contributed by atoms with Gasteiger partial charge in [0, 0.05) is 19.9 Å². The zero-order valence-electron chi connectivity index (χ0n) is 18.1. The van der Waals surface area contributed by atoms with Crippen molar-refractivity contribution >= 4 is 18.1 Å². The summed E-state index contributed by atoms with van der Waals surface area (Å²) in [5.41, 5.74) is 0.0763. The van der Waals surface area contributed by atoms with Gasteiger partial charge in [0.2, 0.25) is 5.76 Å². The molecule has 0 spiro atoms. The number of nitrogens with one attached hydrogen (secondary N) is 1. The van der Waals surface area contributed by atoms with Crippen molar-refractivity contribution in [2.75, 3.05) is 34.0 Å². The summed E-state index contributed by atoms with van der Waals surface area (Å²) in [4.78, 5) is 29.9. The summed E-state index contributed by atoms with van der Waals surface area (Å²) < 4.78 is 21.9. The van der Waals surface area contributed by atoms with Gasteiger partial charge in [0.1, 0.15) is 12.2 Å². The molecule has 2 bridgehead atoms. The van der Waals surface area contributed by atoms with Gasteiger partial charge in [0.05, 0.1) is 20.3 Å². The predicted molar refractivity (Wildman–Crippen MR) is 114 cm³/mol. The Morgan fingerprint density at radius 1 is 1.16 bits per heavy atom. The minimum atomic E-state index is -0.740. The zero-order valence-corrected chi connectivity index (χ0v) is 18.1. The molecule has 0 radical (unpaired) electrons. The number of carbonyl (C=O) groups excluding carboxylic acids is 2. The van der Waals surface area contributed by atoms with Crippen molar-refractivity contribution in [1.29, 1.82) is 0 Å². The molecule has 1 amide bonds. The normalized spacial score (nSPS) is 23.8. The average Bonchev–Trinajstić information content (AvgIpc) is 2.84. The van der Waals surface area contributed by atoms with E-state index in [9.17, 15) is 9.59 Å². The molecule has 0 atom stereocenters. The Kier molecular flexibility index (Phi) is 8.20. The zero-order chi connectivity index (χ0) is 22.1. The SMILES string of the molecule is COCCOC12C=NC(C(=O)OC)=C(OCc3ccccc3)C(=O)NCC(CC1)CC2. The molecule has 168 valence electrons. The van der Waals surface area contributed by atoms with Crippen LogP contribution in [0.4, 0.5) is 0 Å². The standard InChI is InChI=1S/C23H30N2O6/c1-28-12-13-31-23-10-8-17(9-11-23)14-24-21(26)20(19(25-16-23)22(27)29-2)30-15-18-6-4-3-5-7-18/h3-7,16-17H,8-15H2,1-2H3,(H,24,26). The van der Waals surface area contributed by atoms with Crippen molar-refractivity contribution in [3.8, 4) is 0 Å². The highest BCUT2D eigenvalue weighted by Crippen LogP contribution is 2.34. The maximum absolute atomic E-state index is 12.9. The molecule has 4 rings (SSSR count). The van der Waals surface area contributed by atoms with E-state index in [0.717, 1.165) is 31.2 Å². The van der Waals surface area contributed by atoms with Crippen LogP contribution in [-0.4, -0.2) is 57.7 Å². The Hall–Kier alpha value is -2.71. The lowest BCUT2D eigenvalue weighted by Crippen LogP contribution is -2.41. The maximum atomic E-state index is 12.9. The molecule has 0 unspecified atom stereocenters. The van der Waals surface area contributed by atoms with E-state index in [1.54, 1.807) is 13.3 Å². The van der Waals surface area contributed by atoms with Crippen LogP contribution in [0.5, 0.6) is 0 Å². The van der Waals surface area contributed by atoms with Gasteiger partial charge in [-0.15, -0.1) is 0 Å². The minimum Gasteiger partial charge on any atom is -0.481 e. The lowest BCUT2D eigenvalue weighted by atomic mass is 9.79.